The Morgan fingerprint density at radius 2 is 1.57 bits per heavy atom. The molecule has 2 aromatic rings. The summed E-state index contributed by atoms with van der Waals surface area (Å²) in [6.45, 7) is 7.42. The van der Waals surface area contributed by atoms with Crippen LogP contribution < -0.4 is 10.4 Å². The van der Waals surface area contributed by atoms with Gasteiger partial charge in [-0.2, -0.15) is 0 Å². The van der Waals surface area contributed by atoms with Gasteiger partial charge in [0.15, 0.2) is 5.78 Å². The molecule has 2 aromatic carbocycles. The molecule has 0 bridgehead atoms. The van der Waals surface area contributed by atoms with Gasteiger partial charge in [0.1, 0.15) is 0 Å². The van der Waals surface area contributed by atoms with Crippen LogP contribution in [0.4, 0.5) is 0 Å². The Morgan fingerprint density at radius 3 is 2.13 bits per heavy atom. The predicted molar refractivity (Wildman–Crippen MR) is 129 cm³/mol. The summed E-state index contributed by atoms with van der Waals surface area (Å²) < 4.78 is 6.80. The molecule has 2 atom stereocenters. The number of hydrogen-bond acceptors (Lipinski definition) is 2. The van der Waals surface area contributed by atoms with Gasteiger partial charge in [-0.05, 0) is 47.7 Å². The van der Waals surface area contributed by atoms with E-state index >= 15 is 0 Å². The van der Waals surface area contributed by atoms with E-state index in [2.05, 4.69) is 93.2 Å². The summed E-state index contributed by atoms with van der Waals surface area (Å²) >= 11 is 0. The molecule has 0 saturated heterocycles. The average Bonchev–Trinajstić information content (AvgIpc) is 2.77. The third-order valence-electron chi connectivity index (χ3n) is 6.19. The van der Waals surface area contributed by atoms with E-state index in [9.17, 15) is 4.79 Å². The van der Waals surface area contributed by atoms with Crippen LogP contribution in [0, 0.1) is 17.8 Å². The molecule has 1 aliphatic carbocycles. The van der Waals surface area contributed by atoms with Crippen LogP contribution in [0.2, 0.25) is 6.55 Å². The summed E-state index contributed by atoms with van der Waals surface area (Å²) in [6.07, 6.45) is 10.9. The third-order valence-corrected chi connectivity index (χ3v) is 9.80. The zero-order valence-corrected chi connectivity index (χ0v) is 19.5. The highest BCUT2D eigenvalue weighted by atomic mass is 28.4. The van der Waals surface area contributed by atoms with Crippen LogP contribution in [0.3, 0.4) is 0 Å². The molecule has 3 heteroatoms. The monoisotopic (exact) mass is 418 g/mol. The Kier molecular flexibility index (Phi) is 8.00. The molecule has 0 spiro atoms. The maximum absolute atomic E-state index is 12.1. The summed E-state index contributed by atoms with van der Waals surface area (Å²) in [6, 6.07) is 21.3. The lowest BCUT2D eigenvalue weighted by molar-refractivity contribution is -0.114. The molecule has 0 amide bonds. The van der Waals surface area contributed by atoms with Crippen LogP contribution in [0.25, 0.3) is 0 Å². The van der Waals surface area contributed by atoms with Crippen LogP contribution in [0.5, 0.6) is 0 Å². The molecule has 158 valence electrons. The molecular weight excluding hydrogens is 384 g/mol. The van der Waals surface area contributed by atoms with Crippen LogP contribution in [-0.4, -0.2) is 20.7 Å². The normalized spacial score (nSPS) is 22.6. The molecule has 0 fully saturated rings. The molecule has 0 aliphatic heterocycles. The van der Waals surface area contributed by atoms with E-state index in [-0.39, 0.29) is 11.7 Å². The molecule has 2 unspecified atom stereocenters. The number of hydrogen-bond donors (Lipinski definition) is 0. The third kappa shape index (κ3) is 5.90. The fraction of sp³-hybridized carbons (Fsp3) is 0.370. The number of carbonyl (C=O) groups excluding carboxylic acids is 1. The molecule has 30 heavy (non-hydrogen) atoms. The van der Waals surface area contributed by atoms with E-state index in [1.54, 1.807) is 6.08 Å². The zero-order chi connectivity index (χ0) is 21.4. The topological polar surface area (TPSA) is 26.3 Å². The molecule has 1 aliphatic rings. The first-order valence-electron chi connectivity index (χ1n) is 11.1. The van der Waals surface area contributed by atoms with Crippen LogP contribution >= 0.6 is 0 Å². The molecule has 2 nitrogen and oxygen atoms in total. The lowest BCUT2D eigenvalue weighted by atomic mass is 9.88. The van der Waals surface area contributed by atoms with Crippen LogP contribution in [-0.2, 0) is 9.22 Å². The van der Waals surface area contributed by atoms with Gasteiger partial charge in [-0.15, -0.1) is 0 Å². The van der Waals surface area contributed by atoms with Crippen molar-refractivity contribution in [2.24, 2.45) is 17.8 Å². The Labute approximate surface area is 182 Å². The summed E-state index contributed by atoms with van der Waals surface area (Å²) in [7, 11) is -2.31. The smallest absolute Gasteiger partial charge is 0.252 e. The largest absolute Gasteiger partial charge is 0.408 e. The van der Waals surface area contributed by atoms with Gasteiger partial charge in [-0.25, -0.2) is 0 Å². The number of carbonyl (C=O) groups is 1. The van der Waals surface area contributed by atoms with Gasteiger partial charge in [-0.1, -0.05) is 92.7 Å². The molecular formula is C27H34O2Si. The van der Waals surface area contributed by atoms with Crippen molar-refractivity contribution in [3.63, 3.8) is 0 Å². The van der Waals surface area contributed by atoms with Crippen LogP contribution in [0.15, 0.2) is 85.0 Å². The highest BCUT2D eigenvalue weighted by molar-refractivity contribution is 6.96. The second kappa shape index (κ2) is 10.7. The number of allylic oxidation sites excluding steroid dienone is 3. The lowest BCUT2D eigenvalue weighted by Gasteiger charge is -2.30. The second-order valence-electron chi connectivity index (χ2n) is 8.77. The molecule has 0 aromatic heterocycles. The van der Waals surface area contributed by atoms with Gasteiger partial charge in [0, 0.05) is 18.9 Å². The summed E-state index contributed by atoms with van der Waals surface area (Å²) in [4.78, 5) is 12.1. The molecule has 0 saturated carbocycles. The van der Waals surface area contributed by atoms with Gasteiger partial charge in [0.2, 0.25) is 0 Å². The SMILES string of the molecule is CC(C)C1/C=C\C(CO[Si](C)(c2ccccc2)c2ccccc2)C/C=C\C(=O)CC1. The van der Waals surface area contributed by atoms with Gasteiger partial charge < -0.3 is 4.43 Å². The molecule has 0 radical (unpaired) electrons. The van der Waals surface area contributed by atoms with Gasteiger partial charge in [-0.3, -0.25) is 4.79 Å². The first kappa shape index (κ1) is 22.5. The van der Waals surface area contributed by atoms with E-state index in [0.717, 1.165) is 12.8 Å². The standard InChI is InChI=1S/C27H34O2Si/c1-22(2)24-18-17-23(11-10-12-25(28)20-19-24)21-29-30(3,26-13-6-4-7-14-26)27-15-8-5-9-16-27/h4-10,12-18,22-24H,11,19-21H2,1-3H3/b12-10-,18-17-. The van der Waals surface area contributed by atoms with Crippen molar-refractivity contribution in [2.75, 3.05) is 6.61 Å². The van der Waals surface area contributed by atoms with Crippen molar-refractivity contribution >= 4 is 24.5 Å². The Morgan fingerprint density at radius 1 is 0.967 bits per heavy atom. The van der Waals surface area contributed by atoms with Crippen molar-refractivity contribution < 1.29 is 9.22 Å². The molecule has 0 N–H and O–H groups in total. The quantitative estimate of drug-likeness (QED) is 0.479. The fourth-order valence-electron chi connectivity index (χ4n) is 4.04. The van der Waals surface area contributed by atoms with E-state index in [4.69, 9.17) is 4.43 Å². The Hall–Kier alpha value is -2.23. The average molecular weight is 419 g/mol. The van der Waals surface area contributed by atoms with Crippen molar-refractivity contribution in [1.29, 1.82) is 0 Å². The second-order valence-corrected chi connectivity index (χ2v) is 12.3. The summed E-state index contributed by atoms with van der Waals surface area (Å²) in [5.41, 5.74) is 0. The van der Waals surface area contributed by atoms with Gasteiger partial charge in [0.05, 0.1) is 0 Å². The van der Waals surface area contributed by atoms with Crippen molar-refractivity contribution in [3.05, 3.63) is 85.0 Å². The highest BCUT2D eigenvalue weighted by Gasteiger charge is 2.34. The summed E-state index contributed by atoms with van der Waals surface area (Å²) in [5.74, 6) is 1.48. The van der Waals surface area contributed by atoms with Gasteiger partial charge >= 0.3 is 0 Å². The first-order chi connectivity index (χ1) is 14.5. The van der Waals surface area contributed by atoms with Crippen LogP contribution in [0.1, 0.15) is 33.1 Å². The van der Waals surface area contributed by atoms with E-state index in [1.165, 1.54) is 10.4 Å². The summed E-state index contributed by atoms with van der Waals surface area (Å²) in [5, 5.41) is 2.57. The van der Waals surface area contributed by atoms with E-state index < -0.39 is 8.32 Å². The van der Waals surface area contributed by atoms with Crippen molar-refractivity contribution in [2.45, 2.75) is 39.7 Å². The molecule has 3 rings (SSSR count). The Balaban J connectivity index is 1.83. The van der Waals surface area contributed by atoms with Crippen molar-refractivity contribution in [1.82, 2.24) is 0 Å². The lowest BCUT2D eigenvalue weighted by Crippen LogP contribution is -2.58. The number of ketones is 1. The minimum Gasteiger partial charge on any atom is -0.408 e. The maximum atomic E-state index is 12.1. The number of benzene rings is 2. The van der Waals surface area contributed by atoms with E-state index in [0.29, 0.717) is 24.9 Å². The first-order valence-corrected chi connectivity index (χ1v) is 13.5. The van der Waals surface area contributed by atoms with Gasteiger partial charge in [0.25, 0.3) is 8.32 Å². The zero-order valence-electron chi connectivity index (χ0n) is 18.5. The predicted octanol–water partition coefficient (Wildman–Crippen LogP) is 5.15. The Bertz CT molecular complexity index is 815. The minimum absolute atomic E-state index is 0.239. The van der Waals surface area contributed by atoms with E-state index in [1.807, 2.05) is 6.08 Å². The minimum atomic E-state index is -2.31. The fourth-order valence-corrected chi connectivity index (χ4v) is 6.91. The highest BCUT2D eigenvalue weighted by Crippen LogP contribution is 2.23. The number of rotatable bonds is 6. The maximum Gasteiger partial charge on any atom is 0.252 e. The van der Waals surface area contributed by atoms with Crippen molar-refractivity contribution in [3.8, 4) is 0 Å². The molecule has 0 heterocycles.